The molecule has 0 saturated heterocycles. The van der Waals surface area contributed by atoms with Crippen LogP contribution in [0.25, 0.3) is 0 Å². The number of halogens is 1. The SMILES string of the molecule is CC(C)C1CCCCC1NC(=O)c1nc(NN)ccc1Cl. The van der Waals surface area contributed by atoms with E-state index in [-0.39, 0.29) is 17.6 Å². The average molecular weight is 311 g/mol. The van der Waals surface area contributed by atoms with Crippen LogP contribution in [-0.2, 0) is 0 Å². The molecule has 1 heterocycles. The van der Waals surface area contributed by atoms with Crippen LogP contribution in [-0.4, -0.2) is 16.9 Å². The van der Waals surface area contributed by atoms with Gasteiger partial charge in [0.1, 0.15) is 11.5 Å². The lowest BCUT2D eigenvalue weighted by Crippen LogP contribution is -2.44. The van der Waals surface area contributed by atoms with E-state index in [0.29, 0.717) is 22.7 Å². The van der Waals surface area contributed by atoms with Crippen LogP contribution in [0, 0.1) is 11.8 Å². The highest BCUT2D eigenvalue weighted by molar-refractivity contribution is 6.33. The number of nitrogens with one attached hydrogen (secondary N) is 2. The minimum atomic E-state index is -0.227. The molecule has 2 rings (SSSR count). The molecule has 2 unspecified atom stereocenters. The molecule has 4 N–H and O–H groups in total. The lowest BCUT2D eigenvalue weighted by atomic mass is 9.78. The largest absolute Gasteiger partial charge is 0.348 e. The number of anilines is 1. The minimum Gasteiger partial charge on any atom is -0.348 e. The maximum absolute atomic E-state index is 12.4. The highest BCUT2D eigenvalue weighted by atomic mass is 35.5. The summed E-state index contributed by atoms with van der Waals surface area (Å²) in [4.78, 5) is 16.6. The second kappa shape index (κ2) is 7.09. The molecule has 1 aromatic rings. The number of carbonyl (C=O) groups excluding carboxylic acids is 1. The molecule has 1 amide bonds. The van der Waals surface area contributed by atoms with Gasteiger partial charge in [0.15, 0.2) is 0 Å². The first-order valence-corrected chi connectivity index (χ1v) is 7.84. The van der Waals surface area contributed by atoms with Crippen LogP contribution in [0.3, 0.4) is 0 Å². The zero-order chi connectivity index (χ0) is 15.4. The molecule has 1 aliphatic rings. The molecule has 5 nitrogen and oxygen atoms in total. The van der Waals surface area contributed by atoms with Gasteiger partial charge in [0.25, 0.3) is 5.91 Å². The standard InChI is InChI=1S/C15H23ClN4O/c1-9(2)10-5-3-4-6-12(10)18-15(21)14-11(16)7-8-13(19-14)20-17/h7-10,12H,3-6,17H2,1-2H3,(H,18,21)(H,19,20). The predicted molar refractivity (Wildman–Crippen MR) is 85.1 cm³/mol. The number of hydrogen-bond donors (Lipinski definition) is 3. The predicted octanol–water partition coefficient (Wildman–Crippen LogP) is 2.97. The van der Waals surface area contributed by atoms with E-state index in [2.05, 4.69) is 29.6 Å². The van der Waals surface area contributed by atoms with E-state index in [9.17, 15) is 4.79 Å². The molecule has 1 aromatic heterocycles. The molecule has 0 aromatic carbocycles. The van der Waals surface area contributed by atoms with Crippen LogP contribution in [0.2, 0.25) is 5.02 Å². The Hall–Kier alpha value is -1.33. The Morgan fingerprint density at radius 3 is 2.76 bits per heavy atom. The van der Waals surface area contributed by atoms with Gasteiger partial charge in [-0.2, -0.15) is 0 Å². The van der Waals surface area contributed by atoms with Gasteiger partial charge < -0.3 is 10.7 Å². The summed E-state index contributed by atoms with van der Waals surface area (Å²) in [6, 6.07) is 3.45. The smallest absolute Gasteiger partial charge is 0.271 e. The van der Waals surface area contributed by atoms with Gasteiger partial charge in [-0.25, -0.2) is 10.8 Å². The van der Waals surface area contributed by atoms with Crippen molar-refractivity contribution in [3.63, 3.8) is 0 Å². The Morgan fingerprint density at radius 1 is 1.38 bits per heavy atom. The monoisotopic (exact) mass is 310 g/mol. The zero-order valence-corrected chi connectivity index (χ0v) is 13.3. The van der Waals surface area contributed by atoms with Crippen molar-refractivity contribution in [1.29, 1.82) is 0 Å². The van der Waals surface area contributed by atoms with E-state index >= 15 is 0 Å². The molecule has 116 valence electrons. The number of hydrazine groups is 1. The number of pyridine rings is 1. The minimum absolute atomic E-state index is 0.193. The molecular weight excluding hydrogens is 288 g/mol. The number of nitrogens with two attached hydrogens (primary N) is 1. The van der Waals surface area contributed by atoms with Crippen LogP contribution < -0.4 is 16.6 Å². The van der Waals surface area contributed by atoms with Gasteiger partial charge in [0.05, 0.1) is 5.02 Å². The van der Waals surface area contributed by atoms with Crippen molar-refractivity contribution in [2.45, 2.75) is 45.6 Å². The third-order valence-electron chi connectivity index (χ3n) is 4.20. The summed E-state index contributed by atoms with van der Waals surface area (Å²) < 4.78 is 0. The normalized spacial score (nSPS) is 22.1. The summed E-state index contributed by atoms with van der Waals surface area (Å²) in [6.45, 7) is 4.42. The molecule has 1 fully saturated rings. The van der Waals surface area contributed by atoms with Gasteiger partial charge in [-0.3, -0.25) is 4.79 Å². The van der Waals surface area contributed by atoms with E-state index in [1.807, 2.05) is 0 Å². The Morgan fingerprint density at radius 2 is 2.10 bits per heavy atom. The second-order valence-electron chi connectivity index (χ2n) is 5.94. The Kier molecular flexibility index (Phi) is 5.42. The fourth-order valence-electron chi connectivity index (χ4n) is 3.06. The van der Waals surface area contributed by atoms with Gasteiger partial charge in [-0.1, -0.05) is 38.3 Å². The third-order valence-corrected chi connectivity index (χ3v) is 4.51. The summed E-state index contributed by atoms with van der Waals surface area (Å²) in [5, 5.41) is 3.44. The van der Waals surface area contributed by atoms with Crippen molar-refractivity contribution < 1.29 is 4.79 Å². The number of hydrogen-bond acceptors (Lipinski definition) is 4. The fraction of sp³-hybridized carbons (Fsp3) is 0.600. The molecule has 1 saturated carbocycles. The second-order valence-corrected chi connectivity index (χ2v) is 6.35. The topological polar surface area (TPSA) is 80.0 Å². The summed E-state index contributed by atoms with van der Waals surface area (Å²) >= 11 is 6.07. The Labute approximate surface area is 130 Å². The van der Waals surface area contributed by atoms with Gasteiger partial charge in [0, 0.05) is 6.04 Å². The van der Waals surface area contributed by atoms with E-state index in [0.717, 1.165) is 19.3 Å². The maximum Gasteiger partial charge on any atom is 0.271 e. The molecule has 6 heteroatoms. The maximum atomic E-state index is 12.4. The van der Waals surface area contributed by atoms with Gasteiger partial charge >= 0.3 is 0 Å². The van der Waals surface area contributed by atoms with E-state index in [1.165, 1.54) is 6.42 Å². The van der Waals surface area contributed by atoms with Gasteiger partial charge in [-0.05, 0) is 36.8 Å². The average Bonchev–Trinajstić information content (AvgIpc) is 2.48. The van der Waals surface area contributed by atoms with E-state index in [1.54, 1.807) is 12.1 Å². The molecule has 0 bridgehead atoms. The number of nitrogens with zero attached hydrogens (tertiary/aromatic N) is 1. The molecule has 0 radical (unpaired) electrons. The number of rotatable bonds is 4. The summed E-state index contributed by atoms with van der Waals surface area (Å²) in [6.07, 6.45) is 4.57. The van der Waals surface area contributed by atoms with Crippen molar-refractivity contribution in [3.8, 4) is 0 Å². The lowest BCUT2D eigenvalue weighted by Gasteiger charge is -2.34. The molecule has 0 spiro atoms. The zero-order valence-electron chi connectivity index (χ0n) is 12.5. The van der Waals surface area contributed by atoms with E-state index < -0.39 is 0 Å². The fourth-order valence-corrected chi connectivity index (χ4v) is 3.25. The summed E-state index contributed by atoms with van der Waals surface area (Å²) in [5.74, 6) is 6.59. The van der Waals surface area contributed by atoms with Crippen molar-refractivity contribution >= 4 is 23.3 Å². The van der Waals surface area contributed by atoms with Crippen molar-refractivity contribution in [2.24, 2.45) is 17.7 Å². The van der Waals surface area contributed by atoms with Gasteiger partial charge in [-0.15, -0.1) is 0 Å². The van der Waals surface area contributed by atoms with Crippen LogP contribution in [0.4, 0.5) is 5.82 Å². The Balaban J connectivity index is 2.13. The molecular formula is C15H23ClN4O. The van der Waals surface area contributed by atoms with Crippen LogP contribution in [0.5, 0.6) is 0 Å². The van der Waals surface area contributed by atoms with Gasteiger partial charge in [0.2, 0.25) is 0 Å². The number of aromatic nitrogens is 1. The number of amides is 1. The van der Waals surface area contributed by atoms with Crippen molar-refractivity contribution in [1.82, 2.24) is 10.3 Å². The van der Waals surface area contributed by atoms with Crippen molar-refractivity contribution in [2.75, 3.05) is 5.43 Å². The summed E-state index contributed by atoms with van der Waals surface area (Å²) in [5.41, 5.74) is 2.65. The highest BCUT2D eigenvalue weighted by Crippen LogP contribution is 2.30. The van der Waals surface area contributed by atoms with Crippen LogP contribution >= 0.6 is 11.6 Å². The lowest BCUT2D eigenvalue weighted by molar-refractivity contribution is 0.0884. The first-order valence-electron chi connectivity index (χ1n) is 7.47. The highest BCUT2D eigenvalue weighted by Gasteiger charge is 2.29. The molecule has 1 aliphatic carbocycles. The molecule has 21 heavy (non-hydrogen) atoms. The van der Waals surface area contributed by atoms with Crippen LogP contribution in [0.15, 0.2) is 12.1 Å². The number of carbonyl (C=O) groups is 1. The first-order chi connectivity index (χ1) is 10.0. The molecule has 0 aliphatic heterocycles. The number of nitrogen functional groups attached to an aromatic ring is 1. The summed E-state index contributed by atoms with van der Waals surface area (Å²) in [7, 11) is 0. The van der Waals surface area contributed by atoms with E-state index in [4.69, 9.17) is 17.4 Å². The van der Waals surface area contributed by atoms with Crippen molar-refractivity contribution in [3.05, 3.63) is 22.8 Å². The first kappa shape index (κ1) is 16.0. The van der Waals surface area contributed by atoms with Crippen LogP contribution in [0.1, 0.15) is 50.0 Å². The third kappa shape index (κ3) is 3.86. The Bertz CT molecular complexity index is 506. The quantitative estimate of drug-likeness (QED) is 0.590. The molecule has 2 atom stereocenters.